The lowest BCUT2D eigenvalue weighted by Crippen LogP contribution is -2.30. The van der Waals surface area contributed by atoms with Crippen LogP contribution in [0.15, 0.2) is 57.9 Å². The van der Waals surface area contributed by atoms with E-state index in [0.29, 0.717) is 14.9 Å². The summed E-state index contributed by atoms with van der Waals surface area (Å²) < 4.78 is 1.34. The van der Waals surface area contributed by atoms with E-state index in [-0.39, 0.29) is 11.5 Å². The molecule has 126 valence electrons. The van der Waals surface area contributed by atoms with E-state index < -0.39 is 5.91 Å². The van der Waals surface area contributed by atoms with E-state index >= 15 is 0 Å². The average molecular weight is 433 g/mol. The van der Waals surface area contributed by atoms with Gasteiger partial charge in [0.15, 0.2) is 4.32 Å². The lowest BCUT2D eigenvalue weighted by molar-refractivity contribution is -0.113. The van der Waals surface area contributed by atoms with Crippen molar-refractivity contribution in [3.63, 3.8) is 0 Å². The highest BCUT2D eigenvalue weighted by atomic mass is 79.9. The predicted octanol–water partition coefficient (Wildman–Crippen LogP) is 4.34. The number of nitrogens with zero attached hydrogens (tertiary/aromatic N) is 1. The Morgan fingerprint density at radius 1 is 1.16 bits per heavy atom. The van der Waals surface area contributed by atoms with Crippen molar-refractivity contribution in [3.8, 4) is 0 Å². The third-order valence-corrected chi connectivity index (χ3v) is 5.80. The van der Waals surface area contributed by atoms with Crippen molar-refractivity contribution in [1.29, 1.82) is 0 Å². The van der Waals surface area contributed by atoms with Crippen molar-refractivity contribution in [2.45, 2.75) is 6.92 Å². The summed E-state index contributed by atoms with van der Waals surface area (Å²) in [6, 6.07) is 14.4. The third kappa shape index (κ3) is 3.40. The number of thioether (sulfide) groups is 1. The van der Waals surface area contributed by atoms with Crippen LogP contribution in [0.5, 0.6) is 0 Å². The van der Waals surface area contributed by atoms with Crippen LogP contribution in [0.3, 0.4) is 0 Å². The van der Waals surface area contributed by atoms with Gasteiger partial charge in [0.25, 0.3) is 11.8 Å². The summed E-state index contributed by atoms with van der Waals surface area (Å²) in [5.74, 6) is -0.845. The summed E-state index contributed by atoms with van der Waals surface area (Å²) in [5, 5.41) is 0. The van der Waals surface area contributed by atoms with Crippen molar-refractivity contribution in [1.82, 2.24) is 0 Å². The van der Waals surface area contributed by atoms with Crippen molar-refractivity contribution in [3.05, 3.63) is 69.0 Å². The van der Waals surface area contributed by atoms with E-state index in [1.165, 1.54) is 16.7 Å². The Labute approximate surface area is 163 Å². The van der Waals surface area contributed by atoms with Gasteiger partial charge in [0.05, 0.1) is 16.2 Å². The van der Waals surface area contributed by atoms with Gasteiger partial charge >= 0.3 is 0 Å². The quantitative estimate of drug-likeness (QED) is 0.578. The maximum Gasteiger partial charge on any atom is 0.271 e. The molecule has 1 saturated heterocycles. The number of benzene rings is 2. The third-order valence-electron chi connectivity index (χ3n) is 3.80. The Morgan fingerprint density at radius 2 is 1.80 bits per heavy atom. The summed E-state index contributed by atoms with van der Waals surface area (Å²) in [5.41, 5.74) is 7.88. The number of thiocarbonyl (C=S) groups is 1. The van der Waals surface area contributed by atoms with Gasteiger partial charge in [0.2, 0.25) is 0 Å². The van der Waals surface area contributed by atoms with E-state index in [1.54, 1.807) is 24.3 Å². The fourth-order valence-corrected chi connectivity index (χ4v) is 4.11. The van der Waals surface area contributed by atoms with Crippen molar-refractivity contribution < 1.29 is 9.59 Å². The molecular weight excluding hydrogens is 420 g/mol. The van der Waals surface area contributed by atoms with Gasteiger partial charge in [-0.05, 0) is 42.3 Å². The largest absolute Gasteiger partial charge is 0.366 e. The van der Waals surface area contributed by atoms with Gasteiger partial charge in [-0.25, -0.2) is 0 Å². The number of nitrogens with two attached hydrogens (primary N) is 1. The summed E-state index contributed by atoms with van der Waals surface area (Å²) in [6.45, 7) is 1.88. The molecule has 0 saturated carbocycles. The van der Waals surface area contributed by atoms with Crippen LogP contribution in [0.1, 0.15) is 22.8 Å². The number of para-hydroxylation sites is 1. The van der Waals surface area contributed by atoms with Crippen LogP contribution in [-0.2, 0) is 4.79 Å². The van der Waals surface area contributed by atoms with Crippen LogP contribution in [0, 0.1) is 0 Å². The first-order chi connectivity index (χ1) is 11.9. The van der Waals surface area contributed by atoms with Crippen molar-refractivity contribution >= 4 is 67.3 Å². The van der Waals surface area contributed by atoms with Crippen LogP contribution in [0.2, 0.25) is 0 Å². The molecule has 0 aromatic heterocycles. The molecule has 0 atom stereocenters. The molecule has 4 nitrogen and oxygen atoms in total. The van der Waals surface area contributed by atoms with Crippen molar-refractivity contribution in [2.24, 2.45) is 5.73 Å². The summed E-state index contributed by atoms with van der Waals surface area (Å²) in [6.07, 6.45) is 0. The molecule has 0 bridgehead atoms. The lowest BCUT2D eigenvalue weighted by atomic mass is 10.1. The molecule has 2 aromatic rings. The Morgan fingerprint density at radius 3 is 2.44 bits per heavy atom. The number of rotatable bonds is 3. The topological polar surface area (TPSA) is 63.4 Å². The van der Waals surface area contributed by atoms with Gasteiger partial charge in [-0.2, -0.15) is 0 Å². The normalized spacial score (nSPS) is 16.3. The van der Waals surface area contributed by atoms with Crippen LogP contribution >= 0.6 is 39.9 Å². The average Bonchev–Trinajstić information content (AvgIpc) is 2.89. The second kappa shape index (κ2) is 7.11. The Hall–Kier alpha value is -1.96. The lowest BCUT2D eigenvalue weighted by Gasteiger charge is -2.17. The SMILES string of the molecule is C/C(=C1/SC(=S)N(c2ccccc2C(N)=O)C1=O)c1ccc(Br)cc1. The predicted molar refractivity (Wildman–Crippen MR) is 109 cm³/mol. The number of carbonyl (C=O) groups excluding carboxylic acids is 2. The van der Waals surface area contributed by atoms with Crippen LogP contribution < -0.4 is 10.6 Å². The van der Waals surface area contributed by atoms with Gasteiger partial charge in [0, 0.05) is 4.47 Å². The zero-order valence-corrected chi connectivity index (χ0v) is 16.4. The van der Waals surface area contributed by atoms with Gasteiger partial charge in [0.1, 0.15) is 0 Å². The fourth-order valence-electron chi connectivity index (χ4n) is 2.51. The fraction of sp³-hybridized carbons (Fsp3) is 0.0556. The van der Waals surface area contributed by atoms with Crippen LogP contribution in [-0.4, -0.2) is 16.1 Å². The monoisotopic (exact) mass is 432 g/mol. The summed E-state index contributed by atoms with van der Waals surface area (Å²) in [7, 11) is 0. The molecule has 0 aliphatic carbocycles. The number of carbonyl (C=O) groups is 2. The van der Waals surface area contributed by atoms with Gasteiger partial charge in [-0.1, -0.05) is 64.2 Å². The highest BCUT2D eigenvalue weighted by Gasteiger charge is 2.36. The molecular formula is C18H13BrN2O2S2. The minimum Gasteiger partial charge on any atom is -0.366 e. The van der Waals surface area contributed by atoms with Crippen molar-refractivity contribution in [2.75, 3.05) is 4.90 Å². The molecule has 1 fully saturated rings. The van der Waals surface area contributed by atoms with Crippen LogP contribution in [0.25, 0.3) is 5.57 Å². The maximum atomic E-state index is 13.0. The number of halogens is 1. The van der Waals surface area contributed by atoms with E-state index in [1.807, 2.05) is 31.2 Å². The highest BCUT2D eigenvalue weighted by Crippen LogP contribution is 2.40. The summed E-state index contributed by atoms with van der Waals surface area (Å²) in [4.78, 5) is 26.6. The van der Waals surface area contributed by atoms with E-state index in [0.717, 1.165) is 15.6 Å². The molecule has 1 aliphatic rings. The number of primary amides is 1. The second-order valence-corrected chi connectivity index (χ2v) is 7.91. The minimum atomic E-state index is -0.599. The molecule has 3 rings (SSSR count). The van der Waals surface area contributed by atoms with E-state index in [9.17, 15) is 9.59 Å². The smallest absolute Gasteiger partial charge is 0.271 e. The minimum absolute atomic E-state index is 0.246. The molecule has 2 N–H and O–H groups in total. The first-order valence-electron chi connectivity index (χ1n) is 7.32. The number of hydrogen-bond donors (Lipinski definition) is 1. The molecule has 25 heavy (non-hydrogen) atoms. The molecule has 0 radical (unpaired) electrons. The molecule has 1 heterocycles. The first-order valence-corrected chi connectivity index (χ1v) is 9.34. The van der Waals surface area contributed by atoms with E-state index in [2.05, 4.69) is 15.9 Å². The second-order valence-electron chi connectivity index (χ2n) is 5.35. The van der Waals surface area contributed by atoms with Crippen LogP contribution in [0.4, 0.5) is 5.69 Å². The summed E-state index contributed by atoms with van der Waals surface area (Å²) >= 11 is 10.0. The number of allylic oxidation sites excluding steroid dienone is 1. The van der Waals surface area contributed by atoms with Gasteiger partial charge in [-0.15, -0.1) is 0 Å². The Balaban J connectivity index is 2.05. The molecule has 7 heteroatoms. The zero-order valence-electron chi connectivity index (χ0n) is 13.2. The molecule has 0 unspecified atom stereocenters. The zero-order chi connectivity index (χ0) is 18.1. The van der Waals surface area contributed by atoms with Gasteiger partial charge in [-0.3, -0.25) is 14.5 Å². The first kappa shape index (κ1) is 17.8. The standard InChI is InChI=1S/C18H13BrN2O2S2/c1-10(11-6-8-12(19)9-7-11)15-17(23)21(18(24)25-15)14-5-3-2-4-13(14)16(20)22/h2-9H,1H3,(H2,20,22)/b15-10-. The number of anilines is 1. The highest BCUT2D eigenvalue weighted by molar-refractivity contribution is 9.10. The number of amides is 2. The molecule has 1 aliphatic heterocycles. The molecule has 2 amide bonds. The maximum absolute atomic E-state index is 13.0. The van der Waals surface area contributed by atoms with E-state index in [4.69, 9.17) is 18.0 Å². The van der Waals surface area contributed by atoms with Gasteiger partial charge < -0.3 is 5.73 Å². The Kier molecular flexibility index (Phi) is 5.08. The molecule has 2 aromatic carbocycles. The molecule has 0 spiro atoms. The Bertz CT molecular complexity index is 923. The number of hydrogen-bond acceptors (Lipinski definition) is 4.